The van der Waals surface area contributed by atoms with Gasteiger partial charge in [0.1, 0.15) is 0 Å². The number of aliphatic hydroxyl groups is 1. The molecule has 0 bridgehead atoms. The minimum Gasteiger partial charge on any atom is -0.392 e. The molecule has 0 unspecified atom stereocenters. The predicted octanol–water partition coefficient (Wildman–Crippen LogP) is 1.29. The molecule has 0 amide bonds. The van der Waals surface area contributed by atoms with Crippen LogP contribution in [0.3, 0.4) is 0 Å². The zero-order valence-electron chi connectivity index (χ0n) is 16.3. The SMILES string of the molecule is CCCCCCn1cc(S(=O)(=O)N2CC[C@H](C)C[C@H]2[C@H](C)O)c(=O)[nH]c1=O. The lowest BCUT2D eigenvalue weighted by atomic mass is 9.92. The van der Waals surface area contributed by atoms with Crippen LogP contribution >= 0.6 is 0 Å². The molecule has 1 aromatic rings. The second kappa shape index (κ2) is 9.16. The highest BCUT2D eigenvalue weighted by Crippen LogP contribution is 2.29. The van der Waals surface area contributed by atoms with Crippen LogP contribution in [0.4, 0.5) is 0 Å². The van der Waals surface area contributed by atoms with Crippen LogP contribution in [0.5, 0.6) is 0 Å². The monoisotopic (exact) mass is 401 g/mol. The number of aliphatic hydroxyl groups excluding tert-OH is 1. The average Bonchev–Trinajstić information content (AvgIpc) is 2.59. The number of H-pyrrole nitrogens is 1. The van der Waals surface area contributed by atoms with Gasteiger partial charge in [0.05, 0.1) is 12.1 Å². The standard InChI is InChI=1S/C18H31N3O5S/c1-4-5-6-7-9-20-12-16(17(23)19-18(20)24)27(25,26)21-10-8-13(2)11-15(21)14(3)22/h12-15,22H,4-11H2,1-3H3,(H,19,23,24)/t13-,14-,15-/m0/s1. The largest absolute Gasteiger partial charge is 0.392 e. The minimum atomic E-state index is -4.11. The first kappa shape index (κ1) is 21.8. The van der Waals surface area contributed by atoms with Crippen molar-refractivity contribution in [2.24, 2.45) is 5.92 Å². The van der Waals surface area contributed by atoms with E-state index in [1.54, 1.807) is 6.92 Å². The third-order valence-corrected chi connectivity index (χ3v) is 7.15. The lowest BCUT2D eigenvalue weighted by Gasteiger charge is -2.38. The minimum absolute atomic E-state index is 0.244. The van der Waals surface area contributed by atoms with Crippen LogP contribution in [0.15, 0.2) is 20.7 Å². The molecule has 1 aliphatic rings. The van der Waals surface area contributed by atoms with E-state index < -0.39 is 38.3 Å². The Morgan fingerprint density at radius 1 is 1.30 bits per heavy atom. The summed E-state index contributed by atoms with van der Waals surface area (Å²) in [6.07, 6.45) is 5.25. The third-order valence-electron chi connectivity index (χ3n) is 5.23. The van der Waals surface area contributed by atoms with Gasteiger partial charge in [-0.2, -0.15) is 4.31 Å². The number of hydrogen-bond acceptors (Lipinski definition) is 5. The quantitative estimate of drug-likeness (QED) is 0.637. The van der Waals surface area contributed by atoms with Crippen molar-refractivity contribution in [2.45, 2.75) is 82.9 Å². The summed E-state index contributed by atoms with van der Waals surface area (Å²) in [7, 11) is -4.11. The molecule has 0 radical (unpaired) electrons. The summed E-state index contributed by atoms with van der Waals surface area (Å²) in [6, 6.07) is -0.580. The highest BCUT2D eigenvalue weighted by atomic mass is 32.2. The van der Waals surface area contributed by atoms with Gasteiger partial charge in [-0.1, -0.05) is 33.1 Å². The van der Waals surface area contributed by atoms with Gasteiger partial charge in [-0.25, -0.2) is 13.2 Å². The molecule has 2 rings (SSSR count). The fourth-order valence-electron chi connectivity index (χ4n) is 3.57. The molecule has 1 aromatic heterocycles. The van der Waals surface area contributed by atoms with E-state index in [0.29, 0.717) is 25.3 Å². The number of rotatable bonds is 8. The summed E-state index contributed by atoms with van der Waals surface area (Å²) in [6.45, 7) is 6.25. The molecule has 0 spiro atoms. The van der Waals surface area contributed by atoms with Crippen molar-refractivity contribution in [3.8, 4) is 0 Å². The second-order valence-electron chi connectivity index (χ2n) is 7.56. The summed E-state index contributed by atoms with van der Waals surface area (Å²) in [5, 5.41) is 10.1. The number of aromatic amines is 1. The molecule has 0 aromatic carbocycles. The Morgan fingerprint density at radius 3 is 2.63 bits per heavy atom. The van der Waals surface area contributed by atoms with Crippen LogP contribution in [0.1, 0.15) is 59.3 Å². The summed E-state index contributed by atoms with van der Waals surface area (Å²) < 4.78 is 28.8. The van der Waals surface area contributed by atoms with E-state index in [-0.39, 0.29) is 6.54 Å². The molecule has 8 nitrogen and oxygen atoms in total. The van der Waals surface area contributed by atoms with Crippen molar-refractivity contribution in [3.05, 3.63) is 27.0 Å². The first-order valence-corrected chi connectivity index (χ1v) is 11.2. The van der Waals surface area contributed by atoms with E-state index in [1.165, 1.54) is 8.87 Å². The predicted molar refractivity (Wildman–Crippen MR) is 103 cm³/mol. The van der Waals surface area contributed by atoms with Crippen LogP contribution in [0.25, 0.3) is 0 Å². The van der Waals surface area contributed by atoms with Crippen molar-refractivity contribution in [3.63, 3.8) is 0 Å². The topological polar surface area (TPSA) is 112 Å². The molecule has 1 saturated heterocycles. The fourth-order valence-corrected chi connectivity index (χ4v) is 5.33. The van der Waals surface area contributed by atoms with E-state index in [1.807, 2.05) is 6.92 Å². The molecular formula is C18H31N3O5S. The van der Waals surface area contributed by atoms with Gasteiger partial charge in [0.25, 0.3) is 5.56 Å². The Morgan fingerprint density at radius 2 is 2.00 bits per heavy atom. The fraction of sp³-hybridized carbons (Fsp3) is 0.778. The molecule has 0 saturated carbocycles. The highest BCUT2D eigenvalue weighted by Gasteiger charge is 2.39. The molecule has 2 N–H and O–H groups in total. The number of aromatic nitrogens is 2. The van der Waals surface area contributed by atoms with Crippen LogP contribution in [0, 0.1) is 5.92 Å². The maximum Gasteiger partial charge on any atom is 0.328 e. The van der Waals surface area contributed by atoms with Gasteiger partial charge in [0, 0.05) is 19.3 Å². The van der Waals surface area contributed by atoms with Crippen LogP contribution < -0.4 is 11.2 Å². The Labute approximate surface area is 160 Å². The van der Waals surface area contributed by atoms with E-state index >= 15 is 0 Å². The lowest BCUT2D eigenvalue weighted by Crippen LogP contribution is -2.51. The van der Waals surface area contributed by atoms with Crippen LogP contribution in [-0.4, -0.2) is 46.1 Å². The van der Waals surface area contributed by atoms with Gasteiger partial charge in [0.15, 0.2) is 4.90 Å². The lowest BCUT2D eigenvalue weighted by molar-refractivity contribution is 0.0675. The number of nitrogens with zero attached hydrogens (tertiary/aromatic N) is 2. The van der Waals surface area contributed by atoms with Crippen LogP contribution in [0.2, 0.25) is 0 Å². The molecular weight excluding hydrogens is 370 g/mol. The normalized spacial score (nSPS) is 22.7. The van der Waals surface area contributed by atoms with Gasteiger partial charge in [-0.3, -0.25) is 14.3 Å². The maximum atomic E-state index is 13.1. The number of nitrogens with one attached hydrogen (secondary N) is 1. The second-order valence-corrected chi connectivity index (χ2v) is 9.42. The third kappa shape index (κ3) is 5.08. The number of hydrogen-bond donors (Lipinski definition) is 2. The van der Waals surface area contributed by atoms with Crippen LogP contribution in [-0.2, 0) is 16.6 Å². The number of aryl methyl sites for hydroxylation is 1. The van der Waals surface area contributed by atoms with Gasteiger partial charge in [-0.15, -0.1) is 0 Å². The van der Waals surface area contributed by atoms with Crippen molar-refractivity contribution < 1.29 is 13.5 Å². The smallest absolute Gasteiger partial charge is 0.328 e. The summed E-state index contributed by atoms with van der Waals surface area (Å²) in [5.74, 6) is 0.293. The molecule has 1 fully saturated rings. The molecule has 0 aliphatic carbocycles. The Hall–Kier alpha value is -1.45. The van der Waals surface area contributed by atoms with E-state index in [2.05, 4.69) is 11.9 Å². The Bertz CT molecular complexity index is 843. The Balaban J connectivity index is 2.37. The zero-order chi connectivity index (χ0) is 20.2. The van der Waals surface area contributed by atoms with Crippen molar-refractivity contribution in [1.82, 2.24) is 13.9 Å². The first-order valence-electron chi connectivity index (χ1n) is 9.72. The van der Waals surface area contributed by atoms with Gasteiger partial charge >= 0.3 is 5.69 Å². The molecule has 3 atom stereocenters. The van der Waals surface area contributed by atoms with Gasteiger partial charge in [-0.05, 0) is 32.1 Å². The van der Waals surface area contributed by atoms with E-state index in [9.17, 15) is 23.1 Å². The molecule has 9 heteroatoms. The molecule has 154 valence electrons. The summed E-state index contributed by atoms with van der Waals surface area (Å²) >= 11 is 0. The van der Waals surface area contributed by atoms with Crippen molar-refractivity contribution in [1.29, 1.82) is 0 Å². The number of unbranched alkanes of at least 4 members (excludes halogenated alkanes) is 3. The average molecular weight is 402 g/mol. The van der Waals surface area contributed by atoms with Gasteiger partial charge < -0.3 is 5.11 Å². The maximum absolute atomic E-state index is 13.1. The first-order chi connectivity index (χ1) is 12.7. The number of sulfonamides is 1. The van der Waals surface area contributed by atoms with E-state index in [4.69, 9.17) is 0 Å². The Kier molecular flexibility index (Phi) is 7.41. The summed E-state index contributed by atoms with van der Waals surface area (Å²) in [5.41, 5.74) is -1.51. The molecule has 2 heterocycles. The zero-order valence-corrected chi connectivity index (χ0v) is 17.2. The van der Waals surface area contributed by atoms with E-state index in [0.717, 1.165) is 31.9 Å². The highest BCUT2D eigenvalue weighted by molar-refractivity contribution is 7.89. The number of piperidine rings is 1. The molecule has 27 heavy (non-hydrogen) atoms. The van der Waals surface area contributed by atoms with Crippen molar-refractivity contribution in [2.75, 3.05) is 6.54 Å². The molecule has 1 aliphatic heterocycles. The summed E-state index contributed by atoms with van der Waals surface area (Å²) in [4.78, 5) is 26.0. The van der Waals surface area contributed by atoms with Crippen molar-refractivity contribution >= 4 is 10.0 Å². The van der Waals surface area contributed by atoms with Gasteiger partial charge in [0.2, 0.25) is 10.0 Å².